The Morgan fingerprint density at radius 3 is 2.38 bits per heavy atom. The molecule has 3 nitrogen and oxygen atoms in total. The SMILES string of the molecule is O=S(=O)(Cl)C1=CC=CC(Cl)(Cl)C1O. The van der Waals surface area contributed by atoms with Crippen LogP contribution in [0.15, 0.2) is 23.1 Å². The summed E-state index contributed by atoms with van der Waals surface area (Å²) < 4.78 is 20.1. The van der Waals surface area contributed by atoms with Crippen LogP contribution >= 0.6 is 33.9 Å². The Morgan fingerprint density at radius 2 is 2.00 bits per heavy atom. The molecule has 0 saturated heterocycles. The van der Waals surface area contributed by atoms with Crippen molar-refractivity contribution in [3.05, 3.63) is 23.1 Å². The van der Waals surface area contributed by atoms with Crippen molar-refractivity contribution in [3.8, 4) is 0 Å². The number of hydrogen-bond donors (Lipinski definition) is 1. The molecule has 0 bridgehead atoms. The second-order valence-corrected chi connectivity index (χ2v) is 6.45. The minimum absolute atomic E-state index is 0.401. The van der Waals surface area contributed by atoms with Crippen LogP contribution < -0.4 is 0 Å². The van der Waals surface area contributed by atoms with Gasteiger partial charge in [-0.15, -0.1) is 0 Å². The molecular weight excluding hydrogens is 258 g/mol. The van der Waals surface area contributed by atoms with Gasteiger partial charge in [-0.3, -0.25) is 0 Å². The van der Waals surface area contributed by atoms with Crippen LogP contribution in [0.5, 0.6) is 0 Å². The molecule has 13 heavy (non-hydrogen) atoms. The second kappa shape index (κ2) is 3.44. The monoisotopic (exact) mass is 262 g/mol. The largest absolute Gasteiger partial charge is 0.384 e. The van der Waals surface area contributed by atoms with Crippen molar-refractivity contribution in [1.29, 1.82) is 0 Å². The molecule has 1 N–H and O–H groups in total. The lowest BCUT2D eigenvalue weighted by Crippen LogP contribution is -2.34. The van der Waals surface area contributed by atoms with Gasteiger partial charge in [0.25, 0.3) is 9.05 Å². The highest BCUT2D eigenvalue weighted by atomic mass is 35.7. The van der Waals surface area contributed by atoms with E-state index >= 15 is 0 Å². The van der Waals surface area contributed by atoms with Crippen LogP contribution in [0.25, 0.3) is 0 Å². The normalized spacial score (nSPS) is 27.1. The fourth-order valence-corrected chi connectivity index (χ4v) is 2.47. The van der Waals surface area contributed by atoms with Crippen molar-refractivity contribution in [3.63, 3.8) is 0 Å². The van der Waals surface area contributed by atoms with Crippen LogP contribution in [0.1, 0.15) is 0 Å². The van der Waals surface area contributed by atoms with Gasteiger partial charge in [0.15, 0.2) is 4.33 Å². The minimum atomic E-state index is -3.98. The summed E-state index contributed by atoms with van der Waals surface area (Å²) in [5, 5.41) is 9.39. The second-order valence-electron chi connectivity index (χ2n) is 2.44. The zero-order chi connectivity index (χ0) is 10.3. The van der Waals surface area contributed by atoms with E-state index in [9.17, 15) is 13.5 Å². The van der Waals surface area contributed by atoms with Gasteiger partial charge in [-0.1, -0.05) is 29.3 Å². The van der Waals surface area contributed by atoms with Gasteiger partial charge in [-0.2, -0.15) is 0 Å². The average Bonchev–Trinajstić information content (AvgIpc) is 1.92. The zero-order valence-electron chi connectivity index (χ0n) is 6.12. The van der Waals surface area contributed by atoms with E-state index < -0.39 is 24.4 Å². The number of aliphatic hydroxyl groups excluding tert-OH is 1. The number of allylic oxidation sites excluding steroid dienone is 2. The minimum Gasteiger partial charge on any atom is -0.384 e. The Labute approximate surface area is 90.0 Å². The van der Waals surface area contributed by atoms with E-state index in [1.54, 1.807) is 0 Å². The maximum Gasteiger partial charge on any atom is 0.260 e. The maximum absolute atomic E-state index is 10.9. The molecule has 0 aromatic carbocycles. The molecule has 0 aliphatic heterocycles. The summed E-state index contributed by atoms with van der Waals surface area (Å²) in [7, 11) is 1.04. The molecule has 1 atom stereocenters. The summed E-state index contributed by atoms with van der Waals surface area (Å²) >= 11 is 11.2. The van der Waals surface area contributed by atoms with Crippen molar-refractivity contribution < 1.29 is 13.5 Å². The first kappa shape index (κ1) is 11.3. The van der Waals surface area contributed by atoms with Gasteiger partial charge in [0, 0.05) is 10.7 Å². The number of halogens is 3. The molecule has 0 saturated carbocycles. The van der Waals surface area contributed by atoms with E-state index in [0.717, 1.165) is 6.08 Å². The van der Waals surface area contributed by atoms with Gasteiger partial charge in [0.05, 0.1) is 4.91 Å². The fraction of sp³-hybridized carbons (Fsp3) is 0.333. The molecule has 0 amide bonds. The van der Waals surface area contributed by atoms with Crippen LogP contribution in [-0.2, 0) is 9.05 Å². The molecule has 1 aliphatic carbocycles. The summed E-state index contributed by atoms with van der Waals surface area (Å²) in [6, 6.07) is 0. The smallest absolute Gasteiger partial charge is 0.260 e. The molecule has 1 unspecified atom stereocenters. The van der Waals surface area contributed by atoms with Crippen LogP contribution in [-0.4, -0.2) is 24.0 Å². The number of aliphatic hydroxyl groups is 1. The van der Waals surface area contributed by atoms with Gasteiger partial charge in [0.1, 0.15) is 6.10 Å². The van der Waals surface area contributed by atoms with E-state index in [2.05, 4.69) is 0 Å². The average molecular weight is 264 g/mol. The Bertz CT molecular complexity index is 369. The molecule has 74 valence electrons. The Morgan fingerprint density at radius 1 is 1.46 bits per heavy atom. The topological polar surface area (TPSA) is 54.4 Å². The maximum atomic E-state index is 10.9. The van der Waals surface area contributed by atoms with E-state index in [1.165, 1.54) is 12.2 Å². The molecular formula is C6H5Cl3O3S. The molecule has 0 fully saturated rings. The number of hydrogen-bond acceptors (Lipinski definition) is 3. The summed E-state index contributed by atoms with van der Waals surface area (Å²) in [5.74, 6) is 0. The number of alkyl halides is 2. The molecule has 0 aromatic heterocycles. The molecule has 1 rings (SSSR count). The first-order valence-electron chi connectivity index (χ1n) is 3.15. The summed E-state index contributed by atoms with van der Waals surface area (Å²) in [4.78, 5) is -0.401. The van der Waals surface area contributed by atoms with Gasteiger partial charge < -0.3 is 5.11 Å². The Kier molecular flexibility index (Phi) is 3.00. The predicted molar refractivity (Wildman–Crippen MR) is 52.4 cm³/mol. The lowest BCUT2D eigenvalue weighted by Gasteiger charge is -2.25. The van der Waals surface area contributed by atoms with Crippen molar-refractivity contribution in [2.75, 3.05) is 0 Å². The molecule has 0 spiro atoms. The van der Waals surface area contributed by atoms with E-state index in [4.69, 9.17) is 33.9 Å². The molecule has 7 heteroatoms. The van der Waals surface area contributed by atoms with Crippen molar-refractivity contribution in [2.45, 2.75) is 10.4 Å². The van der Waals surface area contributed by atoms with Gasteiger partial charge in [-0.25, -0.2) is 8.42 Å². The van der Waals surface area contributed by atoms with Gasteiger partial charge in [0.2, 0.25) is 0 Å². The van der Waals surface area contributed by atoms with Crippen molar-refractivity contribution in [2.24, 2.45) is 0 Å². The highest BCUT2D eigenvalue weighted by Crippen LogP contribution is 2.36. The van der Waals surface area contributed by atoms with Crippen LogP contribution in [0.4, 0.5) is 0 Å². The van der Waals surface area contributed by atoms with Crippen molar-refractivity contribution in [1.82, 2.24) is 0 Å². The quantitative estimate of drug-likeness (QED) is 0.577. The van der Waals surface area contributed by atoms with Gasteiger partial charge >= 0.3 is 0 Å². The van der Waals surface area contributed by atoms with Crippen molar-refractivity contribution >= 4 is 42.9 Å². The number of rotatable bonds is 1. The van der Waals surface area contributed by atoms with E-state index in [-0.39, 0.29) is 0 Å². The highest BCUT2D eigenvalue weighted by Gasteiger charge is 2.39. The van der Waals surface area contributed by atoms with Crippen LogP contribution in [0.2, 0.25) is 0 Å². The third-order valence-electron chi connectivity index (χ3n) is 1.49. The van der Waals surface area contributed by atoms with Gasteiger partial charge in [-0.05, 0) is 12.2 Å². The predicted octanol–water partition coefficient (Wildman–Crippen LogP) is 1.54. The first-order chi connectivity index (χ1) is 5.75. The third kappa shape index (κ3) is 2.39. The molecule has 0 heterocycles. The zero-order valence-corrected chi connectivity index (χ0v) is 9.20. The molecule has 0 radical (unpaired) electrons. The van der Waals surface area contributed by atoms with E-state index in [1.807, 2.05) is 0 Å². The first-order valence-corrected chi connectivity index (χ1v) is 6.21. The summed E-state index contributed by atoms with van der Waals surface area (Å²) in [6.07, 6.45) is 2.20. The fourth-order valence-electron chi connectivity index (χ4n) is 0.858. The van der Waals surface area contributed by atoms with E-state index in [0.29, 0.717) is 0 Å². The summed E-state index contributed by atoms with van der Waals surface area (Å²) in [6.45, 7) is 0. The van der Waals surface area contributed by atoms with Crippen LogP contribution in [0, 0.1) is 0 Å². The highest BCUT2D eigenvalue weighted by molar-refractivity contribution is 8.16. The molecule has 1 aliphatic rings. The standard InChI is InChI=1S/C6H5Cl3O3S/c7-6(8)3-1-2-4(5(6)10)13(9,11)12/h1-3,5,10H. The molecule has 0 aromatic rings. The summed E-state index contributed by atoms with van der Waals surface area (Å²) in [5.41, 5.74) is 0. The lowest BCUT2D eigenvalue weighted by molar-refractivity contribution is 0.212. The lowest BCUT2D eigenvalue weighted by atomic mass is 10.1. The van der Waals surface area contributed by atoms with Crippen LogP contribution in [0.3, 0.4) is 0 Å². The third-order valence-corrected chi connectivity index (χ3v) is 3.62. The Hall–Kier alpha value is 0.260. The Balaban J connectivity index is 3.17.